The Morgan fingerprint density at radius 2 is 1.75 bits per heavy atom. The lowest BCUT2D eigenvalue weighted by atomic mass is 10.1. The molecule has 0 unspecified atom stereocenters. The number of nitrogens with zero attached hydrogens (tertiary/aromatic N) is 1. The van der Waals surface area contributed by atoms with Gasteiger partial charge in [0, 0.05) is 11.1 Å². The summed E-state index contributed by atoms with van der Waals surface area (Å²) in [4.78, 5) is 12.4. The van der Waals surface area contributed by atoms with Crippen molar-refractivity contribution in [3.63, 3.8) is 0 Å². The van der Waals surface area contributed by atoms with Crippen molar-refractivity contribution in [3.8, 4) is 17.2 Å². The molecule has 2 rings (SSSR count). The topological polar surface area (TPSA) is 69.2 Å². The molecule has 1 N–H and O–H groups in total. The number of carbonyl (C=O) groups is 1. The summed E-state index contributed by atoms with van der Waals surface area (Å²) < 4.78 is 40.4. The second-order valence-electron chi connectivity index (χ2n) is 6.05. The number of hydrazone groups is 1. The normalized spacial score (nSPS) is 11.5. The zero-order chi connectivity index (χ0) is 20.7. The Morgan fingerprint density at radius 3 is 2.39 bits per heavy atom. The minimum atomic E-state index is -2.96. The van der Waals surface area contributed by atoms with Gasteiger partial charge in [0.05, 0.1) is 18.9 Å². The molecule has 0 saturated heterocycles. The third-order valence-electron chi connectivity index (χ3n) is 3.61. The number of methoxy groups -OCH3 is 1. The lowest BCUT2D eigenvalue weighted by Crippen LogP contribution is -2.20. The monoisotopic (exact) mass is 392 g/mol. The lowest BCUT2D eigenvalue weighted by Gasteiger charge is -2.14. The fourth-order valence-corrected chi connectivity index (χ4v) is 2.38. The van der Waals surface area contributed by atoms with Crippen molar-refractivity contribution in [3.05, 3.63) is 53.6 Å². The van der Waals surface area contributed by atoms with E-state index < -0.39 is 12.5 Å². The van der Waals surface area contributed by atoms with Crippen molar-refractivity contribution >= 4 is 11.6 Å². The van der Waals surface area contributed by atoms with Crippen LogP contribution in [0.2, 0.25) is 0 Å². The molecule has 1 amide bonds. The minimum absolute atomic E-state index is 0.0233. The maximum atomic E-state index is 12.5. The number of amides is 1. The van der Waals surface area contributed by atoms with Gasteiger partial charge in [-0.2, -0.15) is 13.9 Å². The van der Waals surface area contributed by atoms with Crippen LogP contribution in [0.3, 0.4) is 0 Å². The first-order chi connectivity index (χ1) is 13.3. The molecule has 0 heterocycles. The van der Waals surface area contributed by atoms with Gasteiger partial charge in [-0.05, 0) is 51.1 Å². The number of hydrogen-bond donors (Lipinski definition) is 1. The Balaban J connectivity index is 2.17. The summed E-state index contributed by atoms with van der Waals surface area (Å²) in [5.74, 6) is 0.426. The number of nitrogens with one attached hydrogen (secondary N) is 1. The largest absolute Gasteiger partial charge is 0.493 e. The second-order valence-corrected chi connectivity index (χ2v) is 6.05. The molecule has 6 nitrogen and oxygen atoms in total. The maximum Gasteiger partial charge on any atom is 0.387 e. The molecule has 0 aromatic heterocycles. The molecule has 2 aromatic carbocycles. The SMILES string of the molecule is COc1cc(C(=O)N/N=C(\C)c2ccccc2OC(F)F)ccc1OC(C)C. The van der Waals surface area contributed by atoms with Crippen molar-refractivity contribution in [2.45, 2.75) is 33.5 Å². The summed E-state index contributed by atoms with van der Waals surface area (Å²) in [6, 6.07) is 11.0. The van der Waals surface area contributed by atoms with Gasteiger partial charge in [-0.25, -0.2) is 5.43 Å². The first-order valence-corrected chi connectivity index (χ1v) is 8.55. The van der Waals surface area contributed by atoms with Gasteiger partial charge in [-0.15, -0.1) is 0 Å². The van der Waals surface area contributed by atoms with Crippen molar-refractivity contribution in [2.24, 2.45) is 5.10 Å². The van der Waals surface area contributed by atoms with Gasteiger partial charge in [0.1, 0.15) is 5.75 Å². The van der Waals surface area contributed by atoms with Crippen LogP contribution in [0.4, 0.5) is 8.78 Å². The number of para-hydroxylation sites is 1. The van der Waals surface area contributed by atoms with Crippen LogP contribution in [0.25, 0.3) is 0 Å². The average molecular weight is 392 g/mol. The van der Waals surface area contributed by atoms with E-state index in [-0.39, 0.29) is 11.9 Å². The summed E-state index contributed by atoms with van der Waals surface area (Å²) in [5.41, 5.74) is 3.37. The molecule has 8 heteroatoms. The summed E-state index contributed by atoms with van der Waals surface area (Å²) in [6.07, 6.45) is -0.0450. The number of rotatable bonds is 8. The van der Waals surface area contributed by atoms with Crippen LogP contribution in [0, 0.1) is 0 Å². The average Bonchev–Trinajstić information content (AvgIpc) is 2.65. The predicted octanol–water partition coefficient (Wildman–Crippen LogP) is 4.24. The Hall–Kier alpha value is -3.16. The Kier molecular flexibility index (Phi) is 7.31. The van der Waals surface area contributed by atoms with Crippen LogP contribution >= 0.6 is 0 Å². The van der Waals surface area contributed by atoms with Gasteiger partial charge in [0.2, 0.25) is 0 Å². The Labute approximate surface area is 162 Å². The molecule has 0 aliphatic rings. The van der Waals surface area contributed by atoms with E-state index in [1.165, 1.54) is 19.2 Å². The standard InChI is InChI=1S/C20H22F2N2O4/c1-12(2)27-17-10-9-14(11-18(17)26-4)19(25)24-23-13(3)15-7-5-6-8-16(15)28-20(21)22/h5-12,20H,1-4H3,(H,24,25)/b23-13+. The molecular formula is C20H22F2N2O4. The quantitative estimate of drug-likeness (QED) is 0.539. The fourth-order valence-electron chi connectivity index (χ4n) is 2.38. The lowest BCUT2D eigenvalue weighted by molar-refractivity contribution is -0.0499. The van der Waals surface area contributed by atoms with E-state index in [1.54, 1.807) is 37.3 Å². The molecule has 28 heavy (non-hydrogen) atoms. The number of halogens is 2. The summed E-state index contributed by atoms with van der Waals surface area (Å²) >= 11 is 0. The summed E-state index contributed by atoms with van der Waals surface area (Å²) in [6.45, 7) is 2.39. The smallest absolute Gasteiger partial charge is 0.387 e. The van der Waals surface area contributed by atoms with E-state index >= 15 is 0 Å². The Morgan fingerprint density at radius 1 is 1.04 bits per heavy atom. The molecule has 0 spiro atoms. The highest BCUT2D eigenvalue weighted by atomic mass is 19.3. The highest BCUT2D eigenvalue weighted by molar-refractivity contribution is 6.02. The molecule has 2 aromatic rings. The number of benzene rings is 2. The van der Waals surface area contributed by atoms with E-state index in [2.05, 4.69) is 15.3 Å². The van der Waals surface area contributed by atoms with Gasteiger partial charge < -0.3 is 14.2 Å². The molecule has 0 aliphatic heterocycles. The van der Waals surface area contributed by atoms with Gasteiger partial charge >= 0.3 is 6.61 Å². The second kappa shape index (κ2) is 9.68. The van der Waals surface area contributed by atoms with Gasteiger partial charge in [-0.3, -0.25) is 4.79 Å². The molecule has 0 aliphatic carbocycles. The van der Waals surface area contributed by atoms with E-state index in [9.17, 15) is 13.6 Å². The van der Waals surface area contributed by atoms with Crippen LogP contribution in [-0.2, 0) is 0 Å². The van der Waals surface area contributed by atoms with E-state index in [4.69, 9.17) is 9.47 Å². The van der Waals surface area contributed by atoms with Crippen LogP contribution in [0.5, 0.6) is 17.2 Å². The van der Waals surface area contributed by atoms with Gasteiger partial charge in [-0.1, -0.05) is 12.1 Å². The molecule has 0 radical (unpaired) electrons. The zero-order valence-corrected chi connectivity index (χ0v) is 16.0. The highest BCUT2D eigenvalue weighted by Crippen LogP contribution is 2.29. The van der Waals surface area contributed by atoms with Crippen molar-refractivity contribution in [1.29, 1.82) is 0 Å². The minimum Gasteiger partial charge on any atom is -0.493 e. The number of hydrogen-bond acceptors (Lipinski definition) is 5. The van der Waals surface area contributed by atoms with E-state index in [1.807, 2.05) is 13.8 Å². The molecule has 0 saturated carbocycles. The summed E-state index contributed by atoms with van der Waals surface area (Å²) in [7, 11) is 1.48. The molecule has 150 valence electrons. The Bertz CT molecular complexity index is 854. The third kappa shape index (κ3) is 5.67. The highest BCUT2D eigenvalue weighted by Gasteiger charge is 2.14. The van der Waals surface area contributed by atoms with Crippen molar-refractivity contribution in [1.82, 2.24) is 5.43 Å². The van der Waals surface area contributed by atoms with Gasteiger partial charge in [0.15, 0.2) is 11.5 Å². The van der Waals surface area contributed by atoms with Crippen molar-refractivity contribution < 1.29 is 27.8 Å². The maximum absolute atomic E-state index is 12.5. The summed E-state index contributed by atoms with van der Waals surface area (Å²) in [5, 5.41) is 3.99. The van der Waals surface area contributed by atoms with Crippen LogP contribution in [0.1, 0.15) is 36.7 Å². The third-order valence-corrected chi connectivity index (χ3v) is 3.61. The zero-order valence-electron chi connectivity index (χ0n) is 16.0. The van der Waals surface area contributed by atoms with E-state index in [0.29, 0.717) is 28.3 Å². The first kappa shape index (κ1) is 21.1. The first-order valence-electron chi connectivity index (χ1n) is 8.55. The fraction of sp³-hybridized carbons (Fsp3) is 0.300. The van der Waals surface area contributed by atoms with Crippen LogP contribution in [0.15, 0.2) is 47.6 Å². The van der Waals surface area contributed by atoms with Crippen LogP contribution in [-0.4, -0.2) is 31.4 Å². The number of ether oxygens (including phenoxy) is 3. The number of alkyl halides is 2. The number of carbonyl (C=O) groups excluding carboxylic acids is 1. The van der Waals surface area contributed by atoms with Crippen molar-refractivity contribution in [2.75, 3.05) is 7.11 Å². The molecule has 0 atom stereocenters. The molecule has 0 fully saturated rings. The molecule has 0 bridgehead atoms. The van der Waals surface area contributed by atoms with Gasteiger partial charge in [0.25, 0.3) is 5.91 Å². The molecular weight excluding hydrogens is 370 g/mol. The van der Waals surface area contributed by atoms with Crippen LogP contribution < -0.4 is 19.6 Å². The predicted molar refractivity (Wildman–Crippen MR) is 102 cm³/mol. The van der Waals surface area contributed by atoms with E-state index in [0.717, 1.165) is 0 Å².